The normalized spacial score (nSPS) is 10.5. The SMILES string of the molecule is CN(CCCCc1ccccc1)CC(=O)NO. The fourth-order valence-electron chi connectivity index (χ4n) is 1.72. The van der Waals surface area contributed by atoms with Crippen LogP contribution in [0.3, 0.4) is 0 Å². The molecule has 1 aromatic carbocycles. The summed E-state index contributed by atoms with van der Waals surface area (Å²) >= 11 is 0. The number of hydroxylamine groups is 1. The van der Waals surface area contributed by atoms with Gasteiger partial charge in [-0.05, 0) is 38.4 Å². The van der Waals surface area contributed by atoms with Crippen LogP contribution in [0.25, 0.3) is 0 Å². The third-order valence-electron chi connectivity index (χ3n) is 2.64. The maximum Gasteiger partial charge on any atom is 0.257 e. The van der Waals surface area contributed by atoms with Gasteiger partial charge in [-0.15, -0.1) is 0 Å². The fraction of sp³-hybridized carbons (Fsp3) is 0.462. The van der Waals surface area contributed by atoms with Crippen LogP contribution in [0.1, 0.15) is 18.4 Å². The Kier molecular flexibility index (Phi) is 6.29. The van der Waals surface area contributed by atoms with E-state index < -0.39 is 0 Å². The number of amides is 1. The average Bonchev–Trinajstić information content (AvgIpc) is 2.36. The molecular formula is C13H20N2O2. The highest BCUT2D eigenvalue weighted by molar-refractivity contribution is 5.76. The van der Waals surface area contributed by atoms with E-state index in [9.17, 15) is 4.79 Å². The quantitative estimate of drug-likeness (QED) is 0.428. The Morgan fingerprint density at radius 3 is 2.65 bits per heavy atom. The molecule has 4 heteroatoms. The summed E-state index contributed by atoms with van der Waals surface area (Å²) in [5, 5.41) is 8.38. The highest BCUT2D eigenvalue weighted by Gasteiger charge is 2.04. The molecule has 0 heterocycles. The first kappa shape index (κ1) is 13.7. The zero-order valence-electron chi connectivity index (χ0n) is 10.2. The summed E-state index contributed by atoms with van der Waals surface area (Å²) in [6.07, 6.45) is 3.22. The average molecular weight is 236 g/mol. The molecule has 2 N–H and O–H groups in total. The molecule has 0 unspecified atom stereocenters. The number of hydrogen-bond acceptors (Lipinski definition) is 3. The Balaban J connectivity index is 2.10. The molecule has 94 valence electrons. The van der Waals surface area contributed by atoms with Crippen LogP contribution in [0.5, 0.6) is 0 Å². The van der Waals surface area contributed by atoms with Crippen LogP contribution >= 0.6 is 0 Å². The molecule has 4 nitrogen and oxygen atoms in total. The minimum atomic E-state index is -0.365. The molecule has 0 aliphatic carbocycles. The highest BCUT2D eigenvalue weighted by atomic mass is 16.5. The number of carbonyl (C=O) groups excluding carboxylic acids is 1. The molecule has 0 bridgehead atoms. The molecule has 0 saturated heterocycles. The lowest BCUT2D eigenvalue weighted by Gasteiger charge is -2.14. The Morgan fingerprint density at radius 1 is 1.29 bits per heavy atom. The van der Waals surface area contributed by atoms with Crippen LogP contribution in [0.2, 0.25) is 0 Å². The predicted octanol–water partition coefficient (Wildman–Crippen LogP) is 1.45. The van der Waals surface area contributed by atoms with Crippen molar-refractivity contribution in [2.45, 2.75) is 19.3 Å². The molecule has 0 atom stereocenters. The van der Waals surface area contributed by atoms with Crippen LogP contribution < -0.4 is 5.48 Å². The minimum absolute atomic E-state index is 0.238. The van der Waals surface area contributed by atoms with E-state index in [2.05, 4.69) is 12.1 Å². The Hall–Kier alpha value is -1.39. The third-order valence-corrected chi connectivity index (χ3v) is 2.64. The smallest absolute Gasteiger partial charge is 0.257 e. The van der Waals surface area contributed by atoms with Gasteiger partial charge in [0, 0.05) is 0 Å². The van der Waals surface area contributed by atoms with Gasteiger partial charge in [-0.3, -0.25) is 14.9 Å². The molecule has 0 aliphatic rings. The molecule has 17 heavy (non-hydrogen) atoms. The summed E-state index contributed by atoms with van der Waals surface area (Å²) in [6, 6.07) is 10.4. The zero-order chi connectivity index (χ0) is 12.5. The summed E-state index contributed by atoms with van der Waals surface area (Å²) < 4.78 is 0. The van der Waals surface area contributed by atoms with Gasteiger partial charge in [-0.25, -0.2) is 5.48 Å². The van der Waals surface area contributed by atoms with E-state index in [0.717, 1.165) is 25.8 Å². The monoisotopic (exact) mass is 236 g/mol. The van der Waals surface area contributed by atoms with Crippen LogP contribution in [-0.4, -0.2) is 36.2 Å². The molecule has 0 spiro atoms. The number of hydrogen-bond donors (Lipinski definition) is 2. The van der Waals surface area contributed by atoms with Crippen LogP contribution in [0.4, 0.5) is 0 Å². The van der Waals surface area contributed by atoms with Gasteiger partial charge in [-0.1, -0.05) is 30.3 Å². The van der Waals surface area contributed by atoms with Crippen molar-refractivity contribution in [1.82, 2.24) is 10.4 Å². The largest absolute Gasteiger partial charge is 0.298 e. The molecule has 1 amide bonds. The van der Waals surface area contributed by atoms with Gasteiger partial charge in [0.05, 0.1) is 6.54 Å². The lowest BCUT2D eigenvalue weighted by molar-refractivity contribution is -0.130. The Morgan fingerprint density at radius 2 is 2.00 bits per heavy atom. The predicted molar refractivity (Wildman–Crippen MR) is 66.8 cm³/mol. The summed E-state index contributed by atoms with van der Waals surface area (Å²) in [7, 11) is 1.87. The molecule has 0 fully saturated rings. The van der Waals surface area contributed by atoms with Crippen LogP contribution in [0.15, 0.2) is 30.3 Å². The number of rotatable bonds is 7. The van der Waals surface area contributed by atoms with Gasteiger partial charge in [0.15, 0.2) is 0 Å². The van der Waals surface area contributed by atoms with Crippen molar-refractivity contribution in [2.75, 3.05) is 20.1 Å². The van der Waals surface area contributed by atoms with Gasteiger partial charge in [0.25, 0.3) is 5.91 Å². The van der Waals surface area contributed by atoms with E-state index in [-0.39, 0.29) is 12.5 Å². The van der Waals surface area contributed by atoms with E-state index >= 15 is 0 Å². The number of nitrogens with one attached hydrogen (secondary N) is 1. The summed E-state index contributed by atoms with van der Waals surface area (Å²) in [6.45, 7) is 1.10. The van der Waals surface area contributed by atoms with Gasteiger partial charge < -0.3 is 0 Å². The molecule has 0 radical (unpaired) electrons. The minimum Gasteiger partial charge on any atom is -0.298 e. The fourth-order valence-corrected chi connectivity index (χ4v) is 1.72. The van der Waals surface area contributed by atoms with Crippen molar-refractivity contribution in [3.8, 4) is 0 Å². The second-order valence-electron chi connectivity index (χ2n) is 4.22. The first-order valence-electron chi connectivity index (χ1n) is 5.88. The van der Waals surface area contributed by atoms with Crippen molar-refractivity contribution in [2.24, 2.45) is 0 Å². The highest BCUT2D eigenvalue weighted by Crippen LogP contribution is 2.04. The van der Waals surface area contributed by atoms with E-state index in [0.29, 0.717) is 0 Å². The first-order chi connectivity index (χ1) is 8.22. The van der Waals surface area contributed by atoms with Crippen molar-refractivity contribution < 1.29 is 10.0 Å². The number of benzene rings is 1. The van der Waals surface area contributed by atoms with Gasteiger partial charge >= 0.3 is 0 Å². The van der Waals surface area contributed by atoms with Crippen molar-refractivity contribution in [3.05, 3.63) is 35.9 Å². The summed E-state index contributed by atoms with van der Waals surface area (Å²) in [5.41, 5.74) is 2.98. The van der Waals surface area contributed by atoms with Crippen molar-refractivity contribution in [3.63, 3.8) is 0 Å². The molecule has 0 saturated carbocycles. The number of unbranched alkanes of at least 4 members (excludes halogenated alkanes) is 1. The zero-order valence-corrected chi connectivity index (χ0v) is 10.2. The Bertz CT molecular complexity index is 327. The lowest BCUT2D eigenvalue weighted by Crippen LogP contribution is -2.33. The number of aryl methyl sites for hydroxylation is 1. The van der Waals surface area contributed by atoms with E-state index in [1.165, 1.54) is 5.56 Å². The summed E-state index contributed by atoms with van der Waals surface area (Å²) in [5.74, 6) is -0.365. The first-order valence-corrected chi connectivity index (χ1v) is 5.88. The van der Waals surface area contributed by atoms with Crippen molar-refractivity contribution >= 4 is 5.91 Å². The van der Waals surface area contributed by atoms with E-state index in [1.54, 1.807) is 5.48 Å². The van der Waals surface area contributed by atoms with Gasteiger partial charge in [0.2, 0.25) is 0 Å². The van der Waals surface area contributed by atoms with Gasteiger partial charge in [-0.2, -0.15) is 0 Å². The maximum absolute atomic E-state index is 10.9. The van der Waals surface area contributed by atoms with Gasteiger partial charge in [0.1, 0.15) is 0 Å². The molecule has 0 aliphatic heterocycles. The van der Waals surface area contributed by atoms with Crippen LogP contribution in [0, 0.1) is 0 Å². The standard InChI is InChI=1S/C13H20N2O2/c1-15(11-13(16)14-17)10-6-5-9-12-7-3-2-4-8-12/h2-4,7-8,17H,5-6,9-11H2,1H3,(H,14,16). The van der Waals surface area contributed by atoms with Crippen LogP contribution in [-0.2, 0) is 11.2 Å². The van der Waals surface area contributed by atoms with Crippen molar-refractivity contribution in [1.29, 1.82) is 0 Å². The lowest BCUT2D eigenvalue weighted by atomic mass is 10.1. The van der Waals surface area contributed by atoms with E-state index in [4.69, 9.17) is 5.21 Å². The number of likely N-dealkylation sites (N-methyl/N-ethyl adjacent to an activating group) is 1. The Labute approximate surface area is 102 Å². The summed E-state index contributed by atoms with van der Waals surface area (Å²) in [4.78, 5) is 12.8. The van der Waals surface area contributed by atoms with E-state index in [1.807, 2.05) is 30.1 Å². The molecule has 1 aromatic rings. The third kappa shape index (κ3) is 6.04. The second kappa shape index (κ2) is 7.81. The molecular weight excluding hydrogens is 216 g/mol. The maximum atomic E-state index is 10.9. The number of carbonyl (C=O) groups is 1. The molecule has 1 rings (SSSR count). The number of nitrogens with zero attached hydrogens (tertiary/aromatic N) is 1. The second-order valence-corrected chi connectivity index (χ2v) is 4.22. The molecule has 0 aromatic heterocycles. The topological polar surface area (TPSA) is 52.6 Å².